The zero-order chi connectivity index (χ0) is 8.55. The standard InChI is InChI=1S/C9H11N3/c1-2-9-8-5-11-4-3-7(8)6-12(9)10/h3-6H,2,10H2,1H3. The number of hydrogen-bond acceptors (Lipinski definition) is 2. The second kappa shape index (κ2) is 2.52. The van der Waals surface area contributed by atoms with Crippen LogP contribution in [0.1, 0.15) is 12.6 Å². The summed E-state index contributed by atoms with van der Waals surface area (Å²) < 4.78 is 1.67. The summed E-state index contributed by atoms with van der Waals surface area (Å²) in [6.45, 7) is 2.09. The Morgan fingerprint density at radius 2 is 2.42 bits per heavy atom. The van der Waals surface area contributed by atoms with E-state index in [9.17, 15) is 0 Å². The number of rotatable bonds is 1. The Bertz CT molecular complexity index is 403. The number of hydrogen-bond donors (Lipinski definition) is 1. The molecule has 2 rings (SSSR count). The van der Waals surface area contributed by atoms with Gasteiger partial charge in [-0.2, -0.15) is 0 Å². The van der Waals surface area contributed by atoms with Crippen LogP contribution in [0.25, 0.3) is 10.8 Å². The molecule has 0 aromatic carbocycles. The van der Waals surface area contributed by atoms with Crippen LogP contribution in [-0.2, 0) is 6.42 Å². The molecular weight excluding hydrogens is 150 g/mol. The molecule has 2 aromatic rings. The number of aryl methyl sites for hydroxylation is 1. The predicted molar refractivity (Wildman–Crippen MR) is 49.3 cm³/mol. The topological polar surface area (TPSA) is 43.8 Å². The molecule has 0 spiro atoms. The Kier molecular flexibility index (Phi) is 1.50. The molecule has 0 atom stereocenters. The Morgan fingerprint density at radius 1 is 1.58 bits per heavy atom. The van der Waals surface area contributed by atoms with Gasteiger partial charge < -0.3 is 5.84 Å². The van der Waals surface area contributed by atoms with Crippen molar-refractivity contribution >= 4 is 10.8 Å². The molecule has 0 fully saturated rings. The fourth-order valence-corrected chi connectivity index (χ4v) is 1.50. The van der Waals surface area contributed by atoms with E-state index in [4.69, 9.17) is 5.84 Å². The Balaban J connectivity index is 2.81. The maximum atomic E-state index is 5.75. The highest BCUT2D eigenvalue weighted by Crippen LogP contribution is 2.18. The van der Waals surface area contributed by atoms with Crippen molar-refractivity contribution in [2.45, 2.75) is 13.3 Å². The van der Waals surface area contributed by atoms with Gasteiger partial charge in [0.2, 0.25) is 0 Å². The summed E-state index contributed by atoms with van der Waals surface area (Å²) in [7, 11) is 0. The van der Waals surface area contributed by atoms with Crippen LogP contribution >= 0.6 is 0 Å². The van der Waals surface area contributed by atoms with Gasteiger partial charge >= 0.3 is 0 Å². The number of nitrogen functional groups attached to an aromatic ring is 1. The van der Waals surface area contributed by atoms with Crippen LogP contribution in [0.4, 0.5) is 0 Å². The number of nitrogens with two attached hydrogens (primary N) is 1. The fourth-order valence-electron chi connectivity index (χ4n) is 1.50. The lowest BCUT2D eigenvalue weighted by Gasteiger charge is -1.97. The monoisotopic (exact) mass is 161 g/mol. The van der Waals surface area contributed by atoms with Crippen molar-refractivity contribution in [3.63, 3.8) is 0 Å². The first-order valence-electron chi connectivity index (χ1n) is 4.02. The maximum Gasteiger partial charge on any atom is 0.0483 e. The number of pyridine rings is 1. The van der Waals surface area contributed by atoms with Crippen LogP contribution < -0.4 is 5.84 Å². The highest BCUT2D eigenvalue weighted by atomic mass is 15.3. The third kappa shape index (κ3) is 0.863. The van der Waals surface area contributed by atoms with E-state index in [0.717, 1.165) is 22.9 Å². The van der Waals surface area contributed by atoms with Gasteiger partial charge in [0.05, 0.1) is 0 Å². The molecule has 0 radical (unpaired) electrons. The molecule has 0 aliphatic rings. The van der Waals surface area contributed by atoms with E-state index in [-0.39, 0.29) is 0 Å². The van der Waals surface area contributed by atoms with Gasteiger partial charge in [-0.15, -0.1) is 0 Å². The second-order valence-electron chi connectivity index (χ2n) is 2.80. The van der Waals surface area contributed by atoms with E-state index in [1.165, 1.54) is 0 Å². The maximum absolute atomic E-state index is 5.75. The number of nitrogens with zero attached hydrogens (tertiary/aromatic N) is 2. The normalized spacial score (nSPS) is 10.8. The molecule has 0 saturated carbocycles. The zero-order valence-electron chi connectivity index (χ0n) is 6.99. The highest BCUT2D eigenvalue weighted by molar-refractivity contribution is 5.84. The first-order chi connectivity index (χ1) is 5.83. The van der Waals surface area contributed by atoms with Crippen molar-refractivity contribution in [3.05, 3.63) is 30.4 Å². The molecule has 2 heterocycles. The summed E-state index contributed by atoms with van der Waals surface area (Å²) in [5.74, 6) is 5.75. The summed E-state index contributed by atoms with van der Waals surface area (Å²) in [4.78, 5) is 4.07. The Labute approximate surface area is 70.8 Å². The summed E-state index contributed by atoms with van der Waals surface area (Å²) in [5, 5.41) is 2.31. The predicted octanol–water partition coefficient (Wildman–Crippen LogP) is 1.31. The molecular formula is C9H11N3. The third-order valence-corrected chi connectivity index (χ3v) is 2.09. The molecule has 12 heavy (non-hydrogen) atoms. The van der Waals surface area contributed by atoms with E-state index in [1.54, 1.807) is 10.9 Å². The highest BCUT2D eigenvalue weighted by Gasteiger charge is 2.03. The molecule has 0 saturated heterocycles. The second-order valence-corrected chi connectivity index (χ2v) is 2.80. The van der Waals surface area contributed by atoms with Crippen molar-refractivity contribution < 1.29 is 0 Å². The van der Waals surface area contributed by atoms with Crippen LogP contribution in [0.15, 0.2) is 24.7 Å². The van der Waals surface area contributed by atoms with Gasteiger partial charge in [0.15, 0.2) is 0 Å². The van der Waals surface area contributed by atoms with Gasteiger partial charge in [-0.3, -0.25) is 9.66 Å². The van der Waals surface area contributed by atoms with Crippen molar-refractivity contribution in [3.8, 4) is 0 Å². The molecule has 2 aromatic heterocycles. The van der Waals surface area contributed by atoms with Crippen molar-refractivity contribution in [2.24, 2.45) is 0 Å². The van der Waals surface area contributed by atoms with Crippen LogP contribution in [0.2, 0.25) is 0 Å². The minimum Gasteiger partial charge on any atom is -0.339 e. The minimum absolute atomic E-state index is 0.936. The summed E-state index contributed by atoms with van der Waals surface area (Å²) in [5.41, 5.74) is 1.14. The third-order valence-electron chi connectivity index (χ3n) is 2.09. The van der Waals surface area contributed by atoms with Gasteiger partial charge in [0, 0.05) is 35.1 Å². The largest absolute Gasteiger partial charge is 0.339 e. The van der Waals surface area contributed by atoms with Crippen LogP contribution in [0.3, 0.4) is 0 Å². The van der Waals surface area contributed by atoms with Gasteiger partial charge in [-0.05, 0) is 12.5 Å². The first kappa shape index (κ1) is 7.16. The van der Waals surface area contributed by atoms with Gasteiger partial charge in [0.1, 0.15) is 0 Å². The molecule has 3 nitrogen and oxygen atoms in total. The molecule has 0 bridgehead atoms. The van der Waals surface area contributed by atoms with E-state index in [0.29, 0.717) is 0 Å². The van der Waals surface area contributed by atoms with Gasteiger partial charge in [-0.1, -0.05) is 6.92 Å². The average molecular weight is 161 g/mol. The van der Waals surface area contributed by atoms with Gasteiger partial charge in [-0.25, -0.2) is 0 Å². The van der Waals surface area contributed by atoms with Crippen LogP contribution in [0.5, 0.6) is 0 Å². The van der Waals surface area contributed by atoms with Crippen LogP contribution in [-0.4, -0.2) is 9.66 Å². The van der Waals surface area contributed by atoms with Crippen molar-refractivity contribution in [2.75, 3.05) is 5.84 Å². The van der Waals surface area contributed by atoms with Crippen molar-refractivity contribution in [1.29, 1.82) is 0 Å². The number of fused-ring (bicyclic) bond motifs is 1. The minimum atomic E-state index is 0.936. The SMILES string of the molecule is CCc1c2cnccc2cn1N. The van der Waals surface area contributed by atoms with E-state index in [1.807, 2.05) is 18.5 Å². The zero-order valence-corrected chi connectivity index (χ0v) is 6.99. The first-order valence-corrected chi connectivity index (χ1v) is 4.02. The Morgan fingerprint density at radius 3 is 3.17 bits per heavy atom. The average Bonchev–Trinajstić information content (AvgIpc) is 2.40. The van der Waals surface area contributed by atoms with E-state index in [2.05, 4.69) is 11.9 Å². The lowest BCUT2D eigenvalue weighted by Crippen LogP contribution is -2.09. The molecule has 0 unspecified atom stereocenters. The smallest absolute Gasteiger partial charge is 0.0483 e. The summed E-state index contributed by atoms with van der Waals surface area (Å²) in [6.07, 6.45) is 6.50. The quantitative estimate of drug-likeness (QED) is 0.641. The summed E-state index contributed by atoms with van der Waals surface area (Å²) in [6, 6.07) is 1.97. The molecule has 2 N–H and O–H groups in total. The van der Waals surface area contributed by atoms with Crippen molar-refractivity contribution in [1.82, 2.24) is 9.66 Å². The van der Waals surface area contributed by atoms with E-state index >= 15 is 0 Å². The number of aromatic nitrogens is 2. The molecule has 3 heteroatoms. The van der Waals surface area contributed by atoms with E-state index < -0.39 is 0 Å². The molecule has 0 aliphatic carbocycles. The lowest BCUT2D eigenvalue weighted by molar-refractivity contribution is 0.906. The Hall–Kier alpha value is -1.51. The lowest BCUT2D eigenvalue weighted by atomic mass is 10.2. The van der Waals surface area contributed by atoms with Gasteiger partial charge in [0.25, 0.3) is 0 Å². The summed E-state index contributed by atoms with van der Waals surface area (Å²) >= 11 is 0. The molecule has 0 aliphatic heterocycles. The fraction of sp³-hybridized carbons (Fsp3) is 0.222. The molecule has 62 valence electrons. The molecule has 0 amide bonds. The van der Waals surface area contributed by atoms with Crippen LogP contribution in [0, 0.1) is 0 Å².